The number of anilines is 1. The van der Waals surface area contributed by atoms with Gasteiger partial charge in [-0.15, -0.1) is 0 Å². The second-order valence-electron chi connectivity index (χ2n) is 7.94. The minimum atomic E-state index is -0.218. The quantitative estimate of drug-likeness (QED) is 0.482. The largest absolute Gasteiger partial charge is 0.494 e. The van der Waals surface area contributed by atoms with Crippen molar-refractivity contribution in [2.75, 3.05) is 25.6 Å². The molecule has 8 heteroatoms. The first kappa shape index (κ1) is 20.3. The van der Waals surface area contributed by atoms with Crippen molar-refractivity contribution in [1.29, 1.82) is 0 Å². The molecule has 3 heterocycles. The predicted molar refractivity (Wildman–Crippen MR) is 121 cm³/mol. The fourth-order valence-electron chi connectivity index (χ4n) is 4.19. The van der Waals surface area contributed by atoms with E-state index in [9.17, 15) is 4.79 Å². The van der Waals surface area contributed by atoms with Crippen molar-refractivity contribution in [2.45, 2.75) is 25.3 Å². The van der Waals surface area contributed by atoms with Crippen LogP contribution in [-0.2, 0) is 11.3 Å². The first-order valence-electron chi connectivity index (χ1n) is 10.7. The molecule has 0 bridgehead atoms. The number of carbonyl (C=O) groups is 1. The molecule has 5 rings (SSSR count). The molecule has 1 fully saturated rings. The van der Waals surface area contributed by atoms with Crippen LogP contribution in [0.5, 0.6) is 5.75 Å². The number of amides is 1. The number of nitrogens with one attached hydrogen (secondary N) is 2. The number of methoxy groups -OCH3 is 1. The average Bonchev–Trinajstić information content (AvgIpc) is 3.49. The molecule has 0 saturated carbocycles. The number of hydrogen-bond acceptors (Lipinski definition) is 5. The fraction of sp³-hybridized carbons (Fsp3) is 0.292. The Bertz CT molecular complexity index is 1210. The zero-order chi connectivity index (χ0) is 21.9. The van der Waals surface area contributed by atoms with E-state index < -0.39 is 0 Å². The Morgan fingerprint density at radius 1 is 1.22 bits per heavy atom. The van der Waals surface area contributed by atoms with E-state index in [1.165, 1.54) is 0 Å². The Kier molecular flexibility index (Phi) is 5.60. The maximum Gasteiger partial charge on any atom is 0.257 e. The molecule has 4 aromatic rings. The summed E-state index contributed by atoms with van der Waals surface area (Å²) in [6, 6.07) is 11.6. The average molecular weight is 431 g/mol. The monoisotopic (exact) mass is 431 g/mol. The van der Waals surface area contributed by atoms with Gasteiger partial charge in [-0.05, 0) is 48.1 Å². The molecule has 1 aliphatic rings. The van der Waals surface area contributed by atoms with E-state index in [1.807, 2.05) is 41.1 Å². The lowest BCUT2D eigenvalue weighted by Gasteiger charge is -2.22. The highest BCUT2D eigenvalue weighted by Gasteiger charge is 2.22. The molecule has 0 spiro atoms. The topological polar surface area (TPSA) is 94.1 Å². The van der Waals surface area contributed by atoms with Crippen LogP contribution >= 0.6 is 0 Å². The molecular weight excluding hydrogens is 406 g/mol. The van der Waals surface area contributed by atoms with Crippen molar-refractivity contribution in [3.05, 3.63) is 71.8 Å². The Hall–Kier alpha value is -3.65. The number of benzene rings is 2. The number of imidazole rings is 2. The lowest BCUT2D eigenvalue weighted by Crippen LogP contribution is -2.14. The molecule has 0 radical (unpaired) electrons. The van der Waals surface area contributed by atoms with Crippen LogP contribution < -0.4 is 10.1 Å². The zero-order valence-electron chi connectivity index (χ0n) is 17.9. The highest BCUT2D eigenvalue weighted by Crippen LogP contribution is 2.36. The normalized spacial score (nSPS) is 14.5. The number of H-pyrrole nitrogens is 1. The Morgan fingerprint density at radius 3 is 2.75 bits per heavy atom. The molecule has 0 unspecified atom stereocenters. The third kappa shape index (κ3) is 4.09. The zero-order valence-corrected chi connectivity index (χ0v) is 17.9. The summed E-state index contributed by atoms with van der Waals surface area (Å²) in [4.78, 5) is 24.8. The number of carbonyl (C=O) groups excluding carboxylic acids is 1. The van der Waals surface area contributed by atoms with E-state index >= 15 is 0 Å². The second-order valence-corrected chi connectivity index (χ2v) is 7.94. The Balaban J connectivity index is 1.37. The van der Waals surface area contributed by atoms with Crippen LogP contribution in [0.1, 0.15) is 40.2 Å². The lowest BCUT2D eigenvalue weighted by molar-refractivity contribution is 0.0856. The van der Waals surface area contributed by atoms with E-state index in [0.717, 1.165) is 48.2 Å². The van der Waals surface area contributed by atoms with Gasteiger partial charge in [0.1, 0.15) is 11.3 Å². The summed E-state index contributed by atoms with van der Waals surface area (Å²) < 4.78 is 13.0. The van der Waals surface area contributed by atoms with Crippen LogP contribution in [-0.4, -0.2) is 45.7 Å². The van der Waals surface area contributed by atoms with Gasteiger partial charge in [0.2, 0.25) is 5.95 Å². The van der Waals surface area contributed by atoms with Gasteiger partial charge in [-0.1, -0.05) is 18.2 Å². The van der Waals surface area contributed by atoms with Crippen LogP contribution in [0.2, 0.25) is 0 Å². The summed E-state index contributed by atoms with van der Waals surface area (Å²) in [5.41, 5.74) is 4.44. The third-order valence-electron chi connectivity index (χ3n) is 5.89. The summed E-state index contributed by atoms with van der Waals surface area (Å²) >= 11 is 0. The molecule has 0 aliphatic carbocycles. The SMILES string of the molecule is COc1ccc(C2CCOCC2)c2nc(NC(=O)c3ccc(Cn4ccnc4)cc3)[nH]c12. The van der Waals surface area contributed by atoms with Crippen LogP contribution in [0, 0.1) is 0 Å². The van der Waals surface area contributed by atoms with Gasteiger partial charge in [-0.3, -0.25) is 10.1 Å². The van der Waals surface area contributed by atoms with Crippen molar-refractivity contribution in [1.82, 2.24) is 19.5 Å². The second kappa shape index (κ2) is 8.84. The number of fused-ring (bicyclic) bond motifs is 1. The van der Waals surface area contributed by atoms with Gasteiger partial charge in [0.25, 0.3) is 5.91 Å². The van der Waals surface area contributed by atoms with E-state index in [1.54, 1.807) is 19.6 Å². The molecule has 2 aromatic heterocycles. The summed E-state index contributed by atoms with van der Waals surface area (Å²) in [7, 11) is 1.63. The van der Waals surface area contributed by atoms with Crippen molar-refractivity contribution >= 4 is 22.9 Å². The van der Waals surface area contributed by atoms with Gasteiger partial charge < -0.3 is 19.0 Å². The Labute approximate surface area is 185 Å². The summed E-state index contributed by atoms with van der Waals surface area (Å²) in [5, 5.41) is 2.89. The fourth-order valence-corrected chi connectivity index (χ4v) is 4.19. The molecule has 164 valence electrons. The molecule has 1 aliphatic heterocycles. The number of aromatic nitrogens is 4. The first-order chi connectivity index (χ1) is 15.7. The number of aromatic amines is 1. The van der Waals surface area contributed by atoms with Gasteiger partial charge in [0.15, 0.2) is 0 Å². The maximum absolute atomic E-state index is 12.8. The number of rotatable bonds is 6. The van der Waals surface area contributed by atoms with Crippen LogP contribution in [0.4, 0.5) is 5.95 Å². The molecule has 2 aromatic carbocycles. The van der Waals surface area contributed by atoms with Gasteiger partial charge in [-0.25, -0.2) is 9.97 Å². The third-order valence-corrected chi connectivity index (χ3v) is 5.89. The minimum Gasteiger partial charge on any atom is -0.494 e. The molecule has 1 amide bonds. The smallest absolute Gasteiger partial charge is 0.257 e. The van der Waals surface area contributed by atoms with E-state index in [0.29, 0.717) is 29.7 Å². The van der Waals surface area contributed by atoms with Gasteiger partial charge >= 0.3 is 0 Å². The van der Waals surface area contributed by atoms with Crippen molar-refractivity contribution in [2.24, 2.45) is 0 Å². The number of ether oxygens (including phenoxy) is 2. The summed E-state index contributed by atoms with van der Waals surface area (Å²) in [6.45, 7) is 2.21. The van der Waals surface area contributed by atoms with Crippen molar-refractivity contribution < 1.29 is 14.3 Å². The molecule has 8 nitrogen and oxygen atoms in total. The summed E-state index contributed by atoms with van der Waals surface area (Å²) in [6.07, 6.45) is 7.34. The molecular formula is C24H25N5O3. The van der Waals surface area contributed by atoms with E-state index in [-0.39, 0.29) is 5.91 Å². The van der Waals surface area contributed by atoms with Gasteiger partial charge in [0.05, 0.1) is 19.0 Å². The van der Waals surface area contributed by atoms with Crippen molar-refractivity contribution in [3.63, 3.8) is 0 Å². The highest BCUT2D eigenvalue weighted by atomic mass is 16.5. The van der Waals surface area contributed by atoms with E-state index in [4.69, 9.17) is 14.5 Å². The summed E-state index contributed by atoms with van der Waals surface area (Å²) in [5.74, 6) is 1.27. The lowest BCUT2D eigenvalue weighted by atomic mass is 9.90. The first-order valence-corrected chi connectivity index (χ1v) is 10.7. The van der Waals surface area contributed by atoms with Gasteiger partial charge in [-0.2, -0.15) is 0 Å². The highest BCUT2D eigenvalue weighted by molar-refractivity contribution is 6.04. The minimum absolute atomic E-state index is 0.218. The Morgan fingerprint density at radius 2 is 2.03 bits per heavy atom. The van der Waals surface area contributed by atoms with Gasteiger partial charge in [0, 0.05) is 37.7 Å². The maximum atomic E-state index is 12.8. The standard InChI is InChI=1S/C24H25N5O3/c1-31-20-7-6-19(17-8-12-32-13-9-17)21-22(20)27-24(26-21)28-23(30)18-4-2-16(3-5-18)14-29-11-10-25-15-29/h2-7,10-11,15,17H,8-9,12-14H2,1H3,(H2,26,27,28,30). The van der Waals surface area contributed by atoms with E-state index in [2.05, 4.69) is 21.4 Å². The number of hydrogen-bond donors (Lipinski definition) is 2. The van der Waals surface area contributed by atoms with Crippen LogP contribution in [0.15, 0.2) is 55.1 Å². The van der Waals surface area contributed by atoms with Crippen LogP contribution in [0.25, 0.3) is 11.0 Å². The molecule has 1 saturated heterocycles. The molecule has 0 atom stereocenters. The van der Waals surface area contributed by atoms with Crippen LogP contribution in [0.3, 0.4) is 0 Å². The van der Waals surface area contributed by atoms with Crippen molar-refractivity contribution in [3.8, 4) is 5.75 Å². The molecule has 32 heavy (non-hydrogen) atoms. The molecule has 2 N–H and O–H groups in total. The number of nitrogens with zero attached hydrogens (tertiary/aromatic N) is 3. The predicted octanol–water partition coefficient (Wildman–Crippen LogP) is 3.96.